The minimum atomic E-state index is -0.458. The van der Waals surface area contributed by atoms with E-state index in [9.17, 15) is 4.79 Å². The molecule has 27 heavy (non-hydrogen) atoms. The van der Waals surface area contributed by atoms with Gasteiger partial charge in [0.25, 0.3) is 0 Å². The maximum atomic E-state index is 12.8. The van der Waals surface area contributed by atoms with E-state index in [1.165, 1.54) is 0 Å². The highest BCUT2D eigenvalue weighted by Gasteiger charge is 2.46. The van der Waals surface area contributed by atoms with Crippen LogP contribution in [-0.2, 0) is 16.0 Å². The van der Waals surface area contributed by atoms with Crippen LogP contribution in [0.4, 0.5) is 0 Å². The number of rotatable bonds is 5. The summed E-state index contributed by atoms with van der Waals surface area (Å²) in [6.07, 6.45) is 3.51. The van der Waals surface area contributed by atoms with Crippen LogP contribution in [0, 0.1) is 5.41 Å². The Balaban J connectivity index is 1.52. The number of benzene rings is 1. The van der Waals surface area contributed by atoms with Crippen LogP contribution in [0.5, 0.6) is 0 Å². The Morgan fingerprint density at radius 2 is 2.07 bits per heavy atom. The molecule has 0 unspecified atom stereocenters. The lowest BCUT2D eigenvalue weighted by atomic mass is 9.81. The van der Waals surface area contributed by atoms with Crippen molar-refractivity contribution >= 4 is 5.91 Å². The lowest BCUT2D eigenvalue weighted by Crippen LogP contribution is -2.45. The van der Waals surface area contributed by atoms with Gasteiger partial charge in [-0.1, -0.05) is 35.5 Å². The largest absolute Gasteiger partial charge is 0.381 e. The van der Waals surface area contributed by atoms with Crippen molar-refractivity contribution in [3.05, 3.63) is 42.2 Å². The van der Waals surface area contributed by atoms with Crippen LogP contribution < -0.4 is 5.32 Å². The lowest BCUT2D eigenvalue weighted by Gasteiger charge is -2.33. The van der Waals surface area contributed by atoms with Crippen molar-refractivity contribution in [1.82, 2.24) is 15.4 Å². The predicted octanol–water partition coefficient (Wildman–Crippen LogP) is 2.50. The Morgan fingerprint density at radius 1 is 1.30 bits per heavy atom. The number of carbonyl (C=O) groups is 1. The van der Waals surface area contributed by atoms with Gasteiger partial charge in [-0.05, 0) is 25.8 Å². The maximum absolute atomic E-state index is 12.8. The van der Waals surface area contributed by atoms with Gasteiger partial charge >= 0.3 is 0 Å². The van der Waals surface area contributed by atoms with Crippen molar-refractivity contribution in [3.8, 4) is 11.3 Å². The summed E-state index contributed by atoms with van der Waals surface area (Å²) in [5.74, 6) is 0.862. The number of hydrogen-bond acceptors (Lipinski definition) is 5. The molecule has 2 aliphatic rings. The number of amides is 1. The summed E-state index contributed by atoms with van der Waals surface area (Å²) in [7, 11) is 1.72. The molecule has 0 radical (unpaired) electrons. The fourth-order valence-corrected chi connectivity index (χ4v) is 4.42. The van der Waals surface area contributed by atoms with Crippen LogP contribution >= 0.6 is 0 Å². The van der Waals surface area contributed by atoms with Crippen LogP contribution in [0.2, 0.25) is 0 Å². The van der Waals surface area contributed by atoms with Crippen LogP contribution in [0.25, 0.3) is 11.3 Å². The summed E-state index contributed by atoms with van der Waals surface area (Å²) in [5.41, 5.74) is 1.38. The highest BCUT2D eigenvalue weighted by molar-refractivity contribution is 5.83. The Morgan fingerprint density at radius 3 is 2.81 bits per heavy atom. The highest BCUT2D eigenvalue weighted by Crippen LogP contribution is 2.37. The first-order valence-corrected chi connectivity index (χ1v) is 9.75. The van der Waals surface area contributed by atoms with Crippen molar-refractivity contribution in [1.29, 1.82) is 0 Å². The molecular weight excluding hydrogens is 342 g/mol. The molecule has 0 aliphatic carbocycles. The topological polar surface area (TPSA) is 67.6 Å². The molecule has 0 spiro atoms. The second-order valence-corrected chi connectivity index (χ2v) is 7.64. The average molecular weight is 369 g/mol. The number of likely N-dealkylation sites (tertiary alicyclic amines) is 1. The van der Waals surface area contributed by atoms with Gasteiger partial charge in [-0.2, -0.15) is 0 Å². The minimum Gasteiger partial charge on any atom is -0.381 e. The van der Waals surface area contributed by atoms with E-state index in [-0.39, 0.29) is 5.91 Å². The predicted molar refractivity (Wildman–Crippen MR) is 102 cm³/mol. The van der Waals surface area contributed by atoms with Gasteiger partial charge < -0.3 is 14.6 Å². The molecule has 2 fully saturated rings. The number of carbonyl (C=O) groups excluding carboxylic acids is 1. The van der Waals surface area contributed by atoms with E-state index in [1.54, 1.807) is 7.05 Å². The summed E-state index contributed by atoms with van der Waals surface area (Å²) < 4.78 is 11.1. The zero-order valence-corrected chi connectivity index (χ0v) is 15.8. The second-order valence-electron chi connectivity index (χ2n) is 7.64. The van der Waals surface area contributed by atoms with Crippen LogP contribution in [-0.4, -0.2) is 55.4 Å². The van der Waals surface area contributed by atoms with Crippen molar-refractivity contribution < 1.29 is 14.1 Å². The highest BCUT2D eigenvalue weighted by atomic mass is 16.5. The molecule has 6 nitrogen and oxygen atoms in total. The summed E-state index contributed by atoms with van der Waals surface area (Å²) in [5, 5.41) is 7.09. The van der Waals surface area contributed by atoms with E-state index in [0.29, 0.717) is 12.5 Å². The Kier molecular flexibility index (Phi) is 5.27. The summed E-state index contributed by atoms with van der Waals surface area (Å²) in [6, 6.07) is 12.5. The third kappa shape index (κ3) is 3.77. The number of aromatic nitrogens is 1. The molecule has 0 bridgehead atoms. The molecule has 2 aliphatic heterocycles. The van der Waals surface area contributed by atoms with Crippen molar-refractivity contribution in [2.24, 2.45) is 5.41 Å². The van der Waals surface area contributed by atoms with Gasteiger partial charge in [-0.15, -0.1) is 0 Å². The zero-order chi connectivity index (χ0) is 18.7. The summed E-state index contributed by atoms with van der Waals surface area (Å²) in [4.78, 5) is 15.3. The van der Waals surface area contributed by atoms with Crippen LogP contribution in [0.3, 0.4) is 0 Å². The van der Waals surface area contributed by atoms with E-state index in [1.807, 2.05) is 36.4 Å². The standard InChI is InChI=1S/C21H27N3O3/c1-22-20(25)21(9-10-24(15-21)17-7-11-26-12-8-17)14-18-13-19(23-27-18)16-5-3-2-4-6-16/h2-6,13,17H,7-12,14-15H2,1H3,(H,22,25)/t21-/m0/s1. The average Bonchev–Trinajstić information content (AvgIpc) is 3.37. The normalized spacial score (nSPS) is 24.2. The third-order valence-electron chi connectivity index (χ3n) is 5.94. The molecule has 2 aromatic rings. The van der Waals surface area contributed by atoms with Gasteiger partial charge in [-0.3, -0.25) is 9.69 Å². The minimum absolute atomic E-state index is 0.0923. The number of nitrogens with zero attached hydrogens (tertiary/aromatic N) is 2. The third-order valence-corrected chi connectivity index (χ3v) is 5.94. The van der Waals surface area contributed by atoms with Gasteiger partial charge in [-0.25, -0.2) is 0 Å². The first-order chi connectivity index (χ1) is 13.2. The van der Waals surface area contributed by atoms with Crippen molar-refractivity contribution in [2.45, 2.75) is 31.7 Å². The zero-order valence-electron chi connectivity index (χ0n) is 15.8. The molecule has 1 atom stereocenters. The van der Waals surface area contributed by atoms with Crippen LogP contribution in [0.15, 0.2) is 40.9 Å². The first kappa shape index (κ1) is 18.2. The molecule has 1 aromatic heterocycles. The van der Waals surface area contributed by atoms with Gasteiger partial charge in [0.15, 0.2) is 0 Å². The molecule has 1 amide bonds. The molecule has 4 rings (SSSR count). The monoisotopic (exact) mass is 369 g/mol. The quantitative estimate of drug-likeness (QED) is 0.877. The number of ether oxygens (including phenoxy) is 1. The molecule has 1 aromatic carbocycles. The molecule has 6 heteroatoms. The molecule has 1 N–H and O–H groups in total. The van der Waals surface area contributed by atoms with Crippen LogP contribution in [0.1, 0.15) is 25.0 Å². The smallest absolute Gasteiger partial charge is 0.227 e. The van der Waals surface area contributed by atoms with E-state index in [0.717, 1.165) is 62.6 Å². The van der Waals surface area contributed by atoms with Crippen molar-refractivity contribution in [3.63, 3.8) is 0 Å². The van der Waals surface area contributed by atoms with E-state index in [2.05, 4.69) is 15.4 Å². The number of hydrogen-bond donors (Lipinski definition) is 1. The molecule has 3 heterocycles. The first-order valence-electron chi connectivity index (χ1n) is 9.75. The molecule has 2 saturated heterocycles. The van der Waals surface area contributed by atoms with Gasteiger partial charge in [0, 0.05) is 50.9 Å². The summed E-state index contributed by atoms with van der Waals surface area (Å²) in [6.45, 7) is 3.34. The van der Waals surface area contributed by atoms with E-state index < -0.39 is 5.41 Å². The summed E-state index contributed by atoms with van der Waals surface area (Å²) >= 11 is 0. The van der Waals surface area contributed by atoms with E-state index in [4.69, 9.17) is 9.26 Å². The molecule has 144 valence electrons. The SMILES string of the molecule is CNC(=O)[C@]1(Cc2cc(-c3ccccc3)no2)CCN(C2CCOCC2)C1. The lowest BCUT2D eigenvalue weighted by molar-refractivity contribution is -0.130. The Labute approximate surface area is 159 Å². The van der Waals surface area contributed by atoms with Crippen molar-refractivity contribution in [2.75, 3.05) is 33.4 Å². The number of nitrogens with one attached hydrogen (secondary N) is 1. The Hall–Kier alpha value is -2.18. The van der Waals surface area contributed by atoms with E-state index >= 15 is 0 Å². The van der Waals surface area contributed by atoms with Gasteiger partial charge in [0.1, 0.15) is 11.5 Å². The molecular formula is C21H27N3O3. The van der Waals surface area contributed by atoms with Gasteiger partial charge in [0.05, 0.1) is 5.41 Å². The fourth-order valence-electron chi connectivity index (χ4n) is 4.42. The van der Waals surface area contributed by atoms with Gasteiger partial charge in [0.2, 0.25) is 5.91 Å². The maximum Gasteiger partial charge on any atom is 0.227 e. The second kappa shape index (κ2) is 7.82. The Bertz CT molecular complexity index is 770. The fraction of sp³-hybridized carbons (Fsp3) is 0.524. The molecule has 0 saturated carbocycles.